The van der Waals surface area contributed by atoms with E-state index in [0.29, 0.717) is 0 Å². The number of nitrogens with zero attached hydrogens (tertiary/aromatic N) is 2. The molecule has 4 nitrogen and oxygen atoms in total. The van der Waals surface area contributed by atoms with Gasteiger partial charge in [0, 0.05) is 25.4 Å². The average Bonchev–Trinajstić information content (AvgIpc) is 2.86. The van der Waals surface area contributed by atoms with E-state index in [1.807, 2.05) is 18.0 Å². The van der Waals surface area contributed by atoms with Crippen LogP contribution in [0.5, 0.6) is 0 Å². The van der Waals surface area contributed by atoms with Crippen molar-refractivity contribution in [3.8, 4) is 0 Å². The number of aromatic nitrogens is 1. The molecule has 2 aromatic heterocycles. The van der Waals surface area contributed by atoms with Gasteiger partial charge in [-0.05, 0) is 13.0 Å². The summed E-state index contributed by atoms with van der Waals surface area (Å²) in [5, 5.41) is 10.3. The molecule has 0 saturated carbocycles. The number of aliphatic hydroxyl groups is 1. The maximum absolute atomic E-state index is 9.41. The summed E-state index contributed by atoms with van der Waals surface area (Å²) < 4.78 is 5.01. The van der Waals surface area contributed by atoms with Gasteiger partial charge in [0.25, 0.3) is 0 Å². The van der Waals surface area contributed by atoms with Gasteiger partial charge in [0.05, 0.1) is 23.5 Å². The summed E-state index contributed by atoms with van der Waals surface area (Å²) in [5.41, 5.74) is 1.11. The van der Waals surface area contributed by atoms with Crippen LogP contribution in [0.1, 0.15) is 23.5 Å². The van der Waals surface area contributed by atoms with Crippen molar-refractivity contribution < 1.29 is 9.52 Å². The lowest BCUT2D eigenvalue weighted by atomic mass is 10.3. The minimum absolute atomic E-state index is 0.450. The number of anilines is 1. The van der Waals surface area contributed by atoms with E-state index >= 15 is 0 Å². The fourth-order valence-corrected chi connectivity index (χ4v) is 2.18. The molecule has 0 aliphatic rings. The number of hydrogen-bond acceptors (Lipinski definition) is 5. The van der Waals surface area contributed by atoms with E-state index in [9.17, 15) is 5.11 Å². The number of hydrogen-bond donors (Lipinski definition) is 1. The third-order valence-corrected chi connectivity index (χ3v) is 3.53. The normalized spacial score (nSPS) is 12.7. The molecular formula is C11H14N2O2S. The van der Waals surface area contributed by atoms with Crippen LogP contribution in [0.3, 0.4) is 0 Å². The molecule has 0 amide bonds. The first-order valence-corrected chi connectivity index (χ1v) is 5.84. The van der Waals surface area contributed by atoms with E-state index in [0.717, 1.165) is 22.1 Å². The van der Waals surface area contributed by atoms with Crippen LogP contribution in [0.4, 0.5) is 5.13 Å². The predicted octanol–water partition coefficient (Wildman–Crippen LogP) is 2.43. The highest BCUT2D eigenvalue weighted by Crippen LogP contribution is 2.27. The monoisotopic (exact) mass is 238 g/mol. The molecule has 0 fully saturated rings. The zero-order chi connectivity index (χ0) is 11.5. The molecule has 1 atom stereocenters. The smallest absolute Gasteiger partial charge is 0.185 e. The number of aliphatic hydroxyl groups excluding tert-OH is 1. The van der Waals surface area contributed by atoms with Gasteiger partial charge in [-0.15, -0.1) is 0 Å². The molecule has 0 aliphatic heterocycles. The molecule has 2 rings (SSSR count). The maximum Gasteiger partial charge on any atom is 0.185 e. The van der Waals surface area contributed by atoms with E-state index in [4.69, 9.17) is 4.42 Å². The van der Waals surface area contributed by atoms with Gasteiger partial charge in [0.2, 0.25) is 0 Å². The highest BCUT2D eigenvalue weighted by Gasteiger charge is 2.10. The van der Waals surface area contributed by atoms with Gasteiger partial charge in [0.1, 0.15) is 0 Å². The van der Waals surface area contributed by atoms with Crippen molar-refractivity contribution in [3.63, 3.8) is 0 Å². The van der Waals surface area contributed by atoms with Crippen LogP contribution in [-0.4, -0.2) is 17.1 Å². The summed E-state index contributed by atoms with van der Waals surface area (Å²) in [6, 6.07) is 1.93. The second-order valence-corrected chi connectivity index (χ2v) is 4.75. The molecule has 0 bridgehead atoms. The van der Waals surface area contributed by atoms with E-state index in [1.165, 1.54) is 11.3 Å². The Hall–Kier alpha value is -1.33. The molecule has 0 radical (unpaired) electrons. The van der Waals surface area contributed by atoms with Crippen molar-refractivity contribution in [1.29, 1.82) is 0 Å². The zero-order valence-corrected chi connectivity index (χ0v) is 10.1. The summed E-state index contributed by atoms with van der Waals surface area (Å²) in [6.07, 6.45) is 4.65. The van der Waals surface area contributed by atoms with Crippen molar-refractivity contribution in [2.45, 2.75) is 19.6 Å². The predicted molar refractivity (Wildman–Crippen MR) is 63.6 cm³/mol. The van der Waals surface area contributed by atoms with Crippen LogP contribution in [0, 0.1) is 0 Å². The Morgan fingerprint density at radius 1 is 1.62 bits per heavy atom. The largest absolute Gasteiger partial charge is 0.472 e. The van der Waals surface area contributed by atoms with Crippen molar-refractivity contribution in [1.82, 2.24) is 4.98 Å². The Kier molecular flexibility index (Phi) is 3.26. The van der Waals surface area contributed by atoms with Gasteiger partial charge >= 0.3 is 0 Å². The molecule has 5 heteroatoms. The average molecular weight is 238 g/mol. The molecule has 86 valence electrons. The standard InChI is InChI=1S/C11H14N2O2S/c1-8(14)10-5-12-11(16-10)13(2)6-9-3-4-15-7-9/h3-5,7-8,14H,6H2,1-2H3. The highest BCUT2D eigenvalue weighted by molar-refractivity contribution is 7.15. The maximum atomic E-state index is 9.41. The lowest BCUT2D eigenvalue weighted by molar-refractivity contribution is 0.203. The summed E-state index contributed by atoms with van der Waals surface area (Å²) >= 11 is 1.51. The van der Waals surface area contributed by atoms with Gasteiger partial charge in [-0.3, -0.25) is 0 Å². The molecule has 0 spiro atoms. The summed E-state index contributed by atoms with van der Waals surface area (Å²) in [5.74, 6) is 0. The fourth-order valence-electron chi connectivity index (χ4n) is 1.37. The minimum atomic E-state index is -0.450. The van der Waals surface area contributed by atoms with Gasteiger partial charge in [-0.1, -0.05) is 11.3 Å². The molecule has 0 aliphatic carbocycles. The van der Waals surface area contributed by atoms with Gasteiger partial charge < -0.3 is 14.4 Å². The summed E-state index contributed by atoms with van der Waals surface area (Å²) in [4.78, 5) is 7.18. The Labute approximate surface area is 98.2 Å². The van der Waals surface area contributed by atoms with Crippen LogP contribution in [-0.2, 0) is 6.54 Å². The van der Waals surface area contributed by atoms with Crippen molar-refractivity contribution >= 4 is 16.5 Å². The van der Waals surface area contributed by atoms with Gasteiger partial charge in [-0.2, -0.15) is 0 Å². The third kappa shape index (κ3) is 2.43. The Morgan fingerprint density at radius 2 is 2.44 bits per heavy atom. The van der Waals surface area contributed by atoms with Gasteiger partial charge in [0.15, 0.2) is 5.13 Å². The zero-order valence-electron chi connectivity index (χ0n) is 9.25. The van der Waals surface area contributed by atoms with E-state index < -0.39 is 6.10 Å². The minimum Gasteiger partial charge on any atom is -0.472 e. The first-order chi connectivity index (χ1) is 7.66. The third-order valence-electron chi connectivity index (χ3n) is 2.25. The van der Waals surface area contributed by atoms with E-state index in [1.54, 1.807) is 25.6 Å². The molecule has 0 aromatic carbocycles. The van der Waals surface area contributed by atoms with E-state index in [2.05, 4.69) is 4.98 Å². The molecular weight excluding hydrogens is 224 g/mol. The molecule has 0 saturated heterocycles. The van der Waals surface area contributed by atoms with Crippen molar-refractivity contribution in [3.05, 3.63) is 35.2 Å². The Balaban J connectivity index is 2.06. The Bertz CT molecular complexity index is 437. The van der Waals surface area contributed by atoms with E-state index in [-0.39, 0.29) is 0 Å². The second-order valence-electron chi connectivity index (χ2n) is 3.71. The molecule has 16 heavy (non-hydrogen) atoms. The summed E-state index contributed by atoms with van der Waals surface area (Å²) in [7, 11) is 1.97. The summed E-state index contributed by atoms with van der Waals surface area (Å²) in [6.45, 7) is 2.50. The lowest BCUT2D eigenvalue weighted by Crippen LogP contribution is -2.15. The molecule has 1 N–H and O–H groups in total. The first kappa shape index (κ1) is 11.2. The quantitative estimate of drug-likeness (QED) is 0.888. The number of thiazole rings is 1. The SMILES string of the molecule is CC(O)c1cnc(N(C)Cc2ccoc2)s1. The fraction of sp³-hybridized carbons (Fsp3) is 0.364. The molecule has 2 aromatic rings. The molecule has 1 unspecified atom stereocenters. The lowest BCUT2D eigenvalue weighted by Gasteiger charge is -2.13. The number of furan rings is 1. The Morgan fingerprint density at radius 3 is 3.00 bits per heavy atom. The van der Waals surface area contributed by atoms with Crippen molar-refractivity contribution in [2.24, 2.45) is 0 Å². The van der Waals surface area contributed by atoms with Crippen molar-refractivity contribution in [2.75, 3.05) is 11.9 Å². The van der Waals surface area contributed by atoms with Crippen LogP contribution in [0.15, 0.2) is 29.2 Å². The van der Waals surface area contributed by atoms with Gasteiger partial charge in [-0.25, -0.2) is 4.98 Å². The van der Waals surface area contributed by atoms with Crippen LogP contribution in [0.25, 0.3) is 0 Å². The van der Waals surface area contributed by atoms with Crippen LogP contribution < -0.4 is 4.90 Å². The van der Waals surface area contributed by atoms with Crippen LogP contribution >= 0.6 is 11.3 Å². The van der Waals surface area contributed by atoms with Crippen LogP contribution in [0.2, 0.25) is 0 Å². The topological polar surface area (TPSA) is 49.5 Å². The number of rotatable bonds is 4. The first-order valence-electron chi connectivity index (χ1n) is 5.03. The second kappa shape index (κ2) is 4.67. The molecule has 2 heterocycles. The highest BCUT2D eigenvalue weighted by atomic mass is 32.1.